The smallest absolute Gasteiger partial charge is 0.229 e. The molecule has 0 atom stereocenters. The second-order valence-corrected chi connectivity index (χ2v) is 5.82. The lowest BCUT2D eigenvalue weighted by Crippen LogP contribution is -2.10. The molecule has 0 bridgehead atoms. The van der Waals surface area contributed by atoms with E-state index in [1.54, 1.807) is 6.20 Å². The molecular weight excluding hydrogens is 272 g/mol. The van der Waals surface area contributed by atoms with Gasteiger partial charge in [-0.2, -0.15) is 4.98 Å². The van der Waals surface area contributed by atoms with Gasteiger partial charge in [-0.15, -0.1) is 0 Å². The van der Waals surface area contributed by atoms with Crippen LogP contribution in [0, 0.1) is 5.92 Å². The normalized spacial score (nSPS) is 10.8. The van der Waals surface area contributed by atoms with E-state index >= 15 is 0 Å². The van der Waals surface area contributed by atoms with Crippen LogP contribution in [0.3, 0.4) is 0 Å². The summed E-state index contributed by atoms with van der Waals surface area (Å²) in [6, 6.07) is 8.33. The Morgan fingerprint density at radius 1 is 1.05 bits per heavy atom. The van der Waals surface area contributed by atoms with Crippen molar-refractivity contribution in [3.8, 4) is 0 Å². The minimum atomic E-state index is 0.582. The lowest BCUT2D eigenvalue weighted by atomic mass is 10.0. The molecule has 0 radical (unpaired) electrons. The summed E-state index contributed by atoms with van der Waals surface area (Å²) in [4.78, 5) is 8.91. The monoisotopic (exact) mass is 298 g/mol. The second kappa shape index (κ2) is 7.78. The molecule has 0 aliphatic rings. The van der Waals surface area contributed by atoms with Gasteiger partial charge in [-0.05, 0) is 36.0 Å². The zero-order valence-corrected chi connectivity index (χ0v) is 14.0. The first-order chi connectivity index (χ1) is 10.6. The average molecular weight is 298 g/mol. The van der Waals surface area contributed by atoms with Crippen LogP contribution in [0.25, 0.3) is 0 Å². The Bertz CT molecular complexity index is 586. The number of aryl methyl sites for hydroxylation is 2. The van der Waals surface area contributed by atoms with Crippen LogP contribution in [0.5, 0.6) is 0 Å². The van der Waals surface area contributed by atoms with Crippen LogP contribution in [0.4, 0.5) is 17.5 Å². The molecule has 0 spiro atoms. The van der Waals surface area contributed by atoms with Gasteiger partial charge in [0.15, 0.2) is 0 Å². The molecule has 1 aromatic carbocycles. The van der Waals surface area contributed by atoms with Crippen LogP contribution in [0.1, 0.15) is 38.8 Å². The highest BCUT2D eigenvalue weighted by Crippen LogP contribution is 2.25. The molecule has 0 aliphatic heterocycles. The van der Waals surface area contributed by atoms with E-state index in [-0.39, 0.29) is 0 Å². The molecular formula is C18H26N4. The first kappa shape index (κ1) is 16.3. The summed E-state index contributed by atoms with van der Waals surface area (Å²) in [7, 11) is 0. The van der Waals surface area contributed by atoms with Crippen molar-refractivity contribution < 1.29 is 0 Å². The standard InChI is InChI=1S/C18H26N4/c1-5-14-8-7-9-15(6-2)17(14)22-18-19-11-10-16(21-18)20-12-13(3)4/h7-11,13H,5-6,12H2,1-4H3,(H2,19,20,21,22). The summed E-state index contributed by atoms with van der Waals surface area (Å²) in [6.45, 7) is 9.60. The van der Waals surface area contributed by atoms with Crippen molar-refractivity contribution in [2.45, 2.75) is 40.5 Å². The fourth-order valence-electron chi connectivity index (χ4n) is 2.34. The molecule has 2 aromatic rings. The van der Waals surface area contributed by atoms with E-state index in [1.807, 2.05) is 6.07 Å². The highest BCUT2D eigenvalue weighted by atomic mass is 15.1. The van der Waals surface area contributed by atoms with Crippen LogP contribution in [-0.2, 0) is 12.8 Å². The molecule has 22 heavy (non-hydrogen) atoms. The summed E-state index contributed by atoms with van der Waals surface area (Å²) in [5.41, 5.74) is 3.74. The van der Waals surface area contributed by atoms with E-state index in [2.05, 4.69) is 66.5 Å². The molecule has 118 valence electrons. The topological polar surface area (TPSA) is 49.8 Å². The first-order valence-electron chi connectivity index (χ1n) is 8.08. The van der Waals surface area contributed by atoms with Gasteiger partial charge in [0.05, 0.1) is 0 Å². The number of para-hydroxylation sites is 1. The molecule has 0 aliphatic carbocycles. The zero-order chi connectivity index (χ0) is 15.9. The third kappa shape index (κ3) is 4.20. The lowest BCUT2D eigenvalue weighted by Gasteiger charge is -2.15. The molecule has 0 amide bonds. The summed E-state index contributed by atoms with van der Waals surface area (Å²) in [5.74, 6) is 2.08. The third-order valence-corrected chi connectivity index (χ3v) is 3.58. The van der Waals surface area contributed by atoms with E-state index in [4.69, 9.17) is 0 Å². The van der Waals surface area contributed by atoms with Crippen LogP contribution < -0.4 is 10.6 Å². The summed E-state index contributed by atoms with van der Waals surface area (Å²) >= 11 is 0. The summed E-state index contributed by atoms with van der Waals surface area (Å²) < 4.78 is 0. The quantitative estimate of drug-likeness (QED) is 0.795. The van der Waals surface area contributed by atoms with Gasteiger partial charge in [-0.3, -0.25) is 0 Å². The van der Waals surface area contributed by atoms with Gasteiger partial charge in [0.1, 0.15) is 5.82 Å². The molecule has 2 N–H and O–H groups in total. The number of hydrogen-bond donors (Lipinski definition) is 2. The van der Waals surface area contributed by atoms with E-state index in [0.29, 0.717) is 11.9 Å². The number of rotatable bonds is 7. The predicted molar refractivity (Wildman–Crippen MR) is 93.8 cm³/mol. The zero-order valence-electron chi connectivity index (χ0n) is 14.0. The van der Waals surface area contributed by atoms with E-state index in [1.165, 1.54) is 11.1 Å². The van der Waals surface area contributed by atoms with Gasteiger partial charge >= 0.3 is 0 Å². The maximum absolute atomic E-state index is 4.56. The van der Waals surface area contributed by atoms with Gasteiger partial charge in [-0.25, -0.2) is 4.98 Å². The molecule has 0 fully saturated rings. The Hall–Kier alpha value is -2.10. The van der Waals surface area contributed by atoms with E-state index in [9.17, 15) is 0 Å². The number of aromatic nitrogens is 2. The first-order valence-corrected chi connectivity index (χ1v) is 8.08. The maximum atomic E-state index is 4.56. The molecule has 4 heteroatoms. The summed E-state index contributed by atoms with van der Waals surface area (Å²) in [5, 5.41) is 6.75. The third-order valence-electron chi connectivity index (χ3n) is 3.58. The van der Waals surface area contributed by atoms with E-state index in [0.717, 1.165) is 30.9 Å². The van der Waals surface area contributed by atoms with Crippen molar-refractivity contribution in [1.29, 1.82) is 0 Å². The highest BCUT2D eigenvalue weighted by Gasteiger charge is 2.08. The van der Waals surface area contributed by atoms with Crippen LogP contribution >= 0.6 is 0 Å². The van der Waals surface area contributed by atoms with Gasteiger partial charge in [-0.1, -0.05) is 45.9 Å². The largest absolute Gasteiger partial charge is 0.370 e. The minimum Gasteiger partial charge on any atom is -0.370 e. The maximum Gasteiger partial charge on any atom is 0.229 e. The SMILES string of the molecule is CCc1cccc(CC)c1Nc1nccc(NCC(C)C)n1. The predicted octanol–water partition coefficient (Wildman–Crippen LogP) is 4.41. The lowest BCUT2D eigenvalue weighted by molar-refractivity contribution is 0.687. The number of nitrogens with zero attached hydrogens (tertiary/aromatic N) is 2. The molecule has 1 aromatic heterocycles. The fraction of sp³-hybridized carbons (Fsp3) is 0.444. The van der Waals surface area contributed by atoms with Gasteiger partial charge in [0, 0.05) is 18.4 Å². The molecule has 1 heterocycles. The van der Waals surface area contributed by atoms with Crippen molar-refractivity contribution in [2.75, 3.05) is 17.2 Å². The molecule has 2 rings (SSSR count). The molecule has 0 unspecified atom stereocenters. The minimum absolute atomic E-state index is 0.582. The van der Waals surface area contributed by atoms with Gasteiger partial charge in [0.25, 0.3) is 0 Å². The number of benzene rings is 1. The van der Waals surface area contributed by atoms with E-state index < -0.39 is 0 Å². The van der Waals surface area contributed by atoms with Crippen molar-refractivity contribution in [2.24, 2.45) is 5.92 Å². The van der Waals surface area contributed by atoms with Crippen LogP contribution in [-0.4, -0.2) is 16.5 Å². The Morgan fingerprint density at radius 2 is 1.73 bits per heavy atom. The van der Waals surface area contributed by atoms with Crippen LogP contribution in [0.2, 0.25) is 0 Å². The average Bonchev–Trinajstić information content (AvgIpc) is 2.53. The van der Waals surface area contributed by atoms with Crippen molar-refractivity contribution in [3.05, 3.63) is 41.6 Å². The van der Waals surface area contributed by atoms with Gasteiger partial charge < -0.3 is 10.6 Å². The Kier molecular flexibility index (Phi) is 5.75. The Labute approximate surface area is 133 Å². The van der Waals surface area contributed by atoms with Crippen molar-refractivity contribution in [3.63, 3.8) is 0 Å². The molecule has 0 saturated heterocycles. The van der Waals surface area contributed by atoms with Crippen molar-refractivity contribution >= 4 is 17.5 Å². The number of anilines is 3. The van der Waals surface area contributed by atoms with Crippen LogP contribution in [0.15, 0.2) is 30.5 Å². The number of hydrogen-bond acceptors (Lipinski definition) is 4. The molecule has 0 saturated carbocycles. The molecule has 4 nitrogen and oxygen atoms in total. The van der Waals surface area contributed by atoms with Gasteiger partial charge in [0.2, 0.25) is 5.95 Å². The Balaban J connectivity index is 2.22. The Morgan fingerprint density at radius 3 is 2.32 bits per heavy atom. The van der Waals surface area contributed by atoms with Crippen molar-refractivity contribution in [1.82, 2.24) is 9.97 Å². The summed E-state index contributed by atoms with van der Waals surface area (Å²) in [6.07, 6.45) is 3.76. The highest BCUT2D eigenvalue weighted by molar-refractivity contribution is 5.64. The second-order valence-electron chi connectivity index (χ2n) is 5.82. The number of nitrogens with one attached hydrogen (secondary N) is 2. The fourth-order valence-corrected chi connectivity index (χ4v) is 2.34.